The van der Waals surface area contributed by atoms with Crippen LogP contribution in [0.1, 0.15) is 30.0 Å². The van der Waals surface area contributed by atoms with Gasteiger partial charge in [-0.15, -0.1) is 0 Å². The number of benzene rings is 3. The lowest BCUT2D eigenvalue weighted by Gasteiger charge is -2.32. The molecule has 0 radical (unpaired) electrons. The molecular weight excluding hydrogens is 546 g/mol. The molecule has 2 aliphatic heterocycles. The fourth-order valence-electron chi connectivity index (χ4n) is 7.12. The molecule has 1 spiro atoms. The summed E-state index contributed by atoms with van der Waals surface area (Å²) in [6.45, 7) is 6.03. The Bertz CT molecular complexity index is 1630. The van der Waals surface area contributed by atoms with Gasteiger partial charge in [0, 0.05) is 46.4 Å². The molecule has 0 unspecified atom stereocenters. The minimum atomic E-state index is -2.73. The lowest BCUT2D eigenvalue weighted by molar-refractivity contribution is -0.146. The molecule has 3 heterocycles. The van der Waals surface area contributed by atoms with Crippen LogP contribution in [0.3, 0.4) is 0 Å². The van der Waals surface area contributed by atoms with Crippen molar-refractivity contribution < 1.29 is 24.2 Å². The standard InChI is InChI=1S/C33H37N3O5Si/c1-21-31(42(2,3)40)29(16-17-37)41-33(21)26-9-5-7-11-28(26)36(32(33)39)20-22-12-14-24(15-13-22)35-30(38)18-23-19-34-27-10-6-4-8-25(23)27/h4-15,19,21,29,31,34,37,40H,16-18,20H2,1-3H3,(H,35,38)/t21-,29+,31-,33+/m0/s1. The van der Waals surface area contributed by atoms with Gasteiger partial charge < -0.3 is 29.8 Å². The molecular formula is C33H37N3O5Si. The molecule has 1 aromatic heterocycles. The fourth-order valence-corrected chi connectivity index (χ4v) is 9.72. The monoisotopic (exact) mass is 583 g/mol. The van der Waals surface area contributed by atoms with E-state index >= 15 is 0 Å². The van der Waals surface area contributed by atoms with Crippen LogP contribution < -0.4 is 10.2 Å². The first-order chi connectivity index (χ1) is 20.1. The number of fused-ring (bicyclic) bond motifs is 3. The Balaban J connectivity index is 1.20. The van der Waals surface area contributed by atoms with E-state index in [0.29, 0.717) is 18.7 Å². The highest BCUT2D eigenvalue weighted by atomic mass is 28.4. The molecule has 2 aliphatic rings. The largest absolute Gasteiger partial charge is 0.432 e. The van der Waals surface area contributed by atoms with Gasteiger partial charge >= 0.3 is 0 Å². The Kier molecular flexibility index (Phi) is 7.30. The third-order valence-corrected chi connectivity index (χ3v) is 11.4. The maximum Gasteiger partial charge on any atom is 0.264 e. The van der Waals surface area contributed by atoms with Crippen molar-refractivity contribution in [1.82, 2.24) is 4.98 Å². The third kappa shape index (κ3) is 4.76. The van der Waals surface area contributed by atoms with Gasteiger partial charge in [-0.3, -0.25) is 9.59 Å². The van der Waals surface area contributed by atoms with E-state index in [4.69, 9.17) is 4.74 Å². The van der Waals surface area contributed by atoms with Crippen LogP contribution in [0.2, 0.25) is 18.6 Å². The Morgan fingerprint density at radius 3 is 2.52 bits per heavy atom. The molecule has 8 nitrogen and oxygen atoms in total. The molecule has 4 aromatic rings. The minimum Gasteiger partial charge on any atom is -0.432 e. The second-order valence-electron chi connectivity index (χ2n) is 12.1. The molecule has 3 aromatic carbocycles. The molecule has 0 bridgehead atoms. The van der Waals surface area contributed by atoms with E-state index < -0.39 is 20.0 Å². The molecule has 218 valence electrons. The zero-order valence-corrected chi connectivity index (χ0v) is 25.1. The zero-order valence-electron chi connectivity index (χ0n) is 24.1. The van der Waals surface area contributed by atoms with Crippen LogP contribution in [0.4, 0.5) is 11.4 Å². The summed E-state index contributed by atoms with van der Waals surface area (Å²) in [6, 6.07) is 23.2. The van der Waals surface area contributed by atoms with Gasteiger partial charge in [-0.1, -0.05) is 55.5 Å². The van der Waals surface area contributed by atoms with Crippen LogP contribution >= 0.6 is 0 Å². The highest BCUT2D eigenvalue weighted by Crippen LogP contribution is 2.59. The number of nitrogens with one attached hydrogen (secondary N) is 2. The maximum absolute atomic E-state index is 14.3. The Morgan fingerprint density at radius 1 is 1.07 bits per heavy atom. The van der Waals surface area contributed by atoms with Crippen molar-refractivity contribution in [2.45, 2.75) is 56.7 Å². The minimum absolute atomic E-state index is 0.0708. The van der Waals surface area contributed by atoms with Gasteiger partial charge in [0.25, 0.3) is 5.91 Å². The lowest BCUT2D eigenvalue weighted by Crippen LogP contribution is -2.46. The van der Waals surface area contributed by atoms with Crippen LogP contribution in [0.25, 0.3) is 10.9 Å². The van der Waals surface area contributed by atoms with E-state index in [0.717, 1.165) is 33.3 Å². The zero-order chi connectivity index (χ0) is 29.6. The summed E-state index contributed by atoms with van der Waals surface area (Å²) in [6.07, 6.45) is 2.10. The molecule has 1 fully saturated rings. The highest BCUT2D eigenvalue weighted by molar-refractivity contribution is 6.71. The van der Waals surface area contributed by atoms with Gasteiger partial charge in [-0.05, 0) is 54.9 Å². The van der Waals surface area contributed by atoms with Gasteiger partial charge in [0.05, 0.1) is 24.8 Å². The number of nitrogens with zero attached hydrogens (tertiary/aromatic N) is 1. The van der Waals surface area contributed by atoms with Gasteiger partial charge in [0.2, 0.25) is 5.91 Å². The van der Waals surface area contributed by atoms with Crippen LogP contribution in [-0.2, 0) is 32.9 Å². The second kappa shape index (κ2) is 10.8. The van der Waals surface area contributed by atoms with Crippen molar-refractivity contribution in [2.24, 2.45) is 5.92 Å². The number of carbonyl (C=O) groups excluding carboxylic acids is 2. The number of aliphatic hydroxyl groups excluding tert-OH is 1. The van der Waals surface area contributed by atoms with E-state index in [-0.39, 0.29) is 36.3 Å². The summed E-state index contributed by atoms with van der Waals surface area (Å²) in [5.41, 5.74) is 3.75. The summed E-state index contributed by atoms with van der Waals surface area (Å²) in [7, 11) is -2.73. The lowest BCUT2D eigenvalue weighted by atomic mass is 9.82. The number of rotatable bonds is 8. The molecule has 6 rings (SSSR count). The molecule has 2 amide bonds. The number of H-pyrrole nitrogens is 1. The van der Waals surface area contributed by atoms with E-state index in [1.54, 1.807) is 4.90 Å². The number of para-hydroxylation sites is 2. The second-order valence-corrected chi connectivity index (χ2v) is 16.0. The molecule has 4 atom stereocenters. The predicted octanol–water partition coefficient (Wildman–Crippen LogP) is 5.08. The Labute approximate surface area is 246 Å². The summed E-state index contributed by atoms with van der Waals surface area (Å²) < 4.78 is 6.61. The van der Waals surface area contributed by atoms with Crippen molar-refractivity contribution in [1.29, 1.82) is 0 Å². The fraction of sp³-hybridized carbons (Fsp3) is 0.333. The SMILES string of the molecule is C[C@H]1[C@H]([Si](C)(C)O)[C@@H](CCO)O[C@]12C(=O)N(Cc1ccc(NC(=O)Cc3c[nH]c4ccccc34)cc1)c1ccccc12. The first kappa shape index (κ1) is 28.4. The van der Waals surface area contributed by atoms with Gasteiger partial charge in [-0.25, -0.2) is 0 Å². The van der Waals surface area contributed by atoms with Crippen molar-refractivity contribution in [3.05, 3.63) is 95.7 Å². The predicted molar refractivity (Wildman–Crippen MR) is 166 cm³/mol. The average Bonchev–Trinajstić information content (AvgIpc) is 3.57. The van der Waals surface area contributed by atoms with Crippen LogP contribution in [0.15, 0.2) is 79.0 Å². The van der Waals surface area contributed by atoms with E-state index in [2.05, 4.69) is 10.3 Å². The number of hydrogen-bond acceptors (Lipinski definition) is 5. The molecule has 4 N–H and O–H groups in total. The molecule has 1 saturated heterocycles. The van der Waals surface area contributed by atoms with Gasteiger partial charge in [0.1, 0.15) is 0 Å². The first-order valence-electron chi connectivity index (χ1n) is 14.5. The van der Waals surface area contributed by atoms with Crippen molar-refractivity contribution in [3.63, 3.8) is 0 Å². The molecule has 42 heavy (non-hydrogen) atoms. The molecule has 9 heteroatoms. The van der Waals surface area contributed by atoms with Crippen molar-refractivity contribution >= 4 is 42.4 Å². The number of aromatic amines is 1. The average molecular weight is 584 g/mol. The highest BCUT2D eigenvalue weighted by Gasteiger charge is 2.65. The summed E-state index contributed by atoms with van der Waals surface area (Å²) >= 11 is 0. The Morgan fingerprint density at radius 2 is 1.79 bits per heavy atom. The first-order valence-corrected chi connectivity index (χ1v) is 17.5. The van der Waals surface area contributed by atoms with Crippen LogP contribution in [0, 0.1) is 5.92 Å². The summed E-state index contributed by atoms with van der Waals surface area (Å²) in [4.78, 5) is 43.2. The number of carbonyl (C=O) groups is 2. The quantitative estimate of drug-likeness (QED) is 0.216. The van der Waals surface area contributed by atoms with Gasteiger partial charge in [-0.2, -0.15) is 0 Å². The number of aromatic nitrogens is 1. The maximum atomic E-state index is 14.3. The number of anilines is 2. The van der Waals surface area contributed by atoms with E-state index in [9.17, 15) is 19.5 Å². The number of ether oxygens (including phenoxy) is 1. The normalized spacial score (nSPS) is 23.6. The molecule has 0 aliphatic carbocycles. The number of amides is 2. The van der Waals surface area contributed by atoms with Crippen LogP contribution in [0.5, 0.6) is 0 Å². The van der Waals surface area contributed by atoms with Gasteiger partial charge in [0.15, 0.2) is 13.9 Å². The van der Waals surface area contributed by atoms with Crippen LogP contribution in [-0.4, -0.2) is 47.7 Å². The summed E-state index contributed by atoms with van der Waals surface area (Å²) in [5.74, 6) is -0.502. The third-order valence-electron chi connectivity index (χ3n) is 8.91. The smallest absolute Gasteiger partial charge is 0.264 e. The molecule has 0 saturated carbocycles. The van der Waals surface area contributed by atoms with Crippen molar-refractivity contribution in [2.75, 3.05) is 16.8 Å². The topological polar surface area (TPSA) is 115 Å². The number of aliphatic hydroxyl groups is 1. The number of hydrogen-bond donors (Lipinski definition) is 4. The Hall–Kier alpha value is -3.76. The van der Waals surface area contributed by atoms with E-state index in [1.165, 1.54) is 0 Å². The van der Waals surface area contributed by atoms with E-state index in [1.807, 2.05) is 99.0 Å². The summed E-state index contributed by atoms with van der Waals surface area (Å²) in [5, 5.41) is 13.8. The van der Waals surface area contributed by atoms with Crippen molar-refractivity contribution in [3.8, 4) is 0 Å².